The van der Waals surface area contributed by atoms with Crippen LogP contribution in [-0.4, -0.2) is 16.3 Å². The van der Waals surface area contributed by atoms with Crippen molar-refractivity contribution in [3.8, 4) is 0 Å². The molecule has 19 heavy (non-hydrogen) atoms. The smallest absolute Gasteiger partial charge is 0.128 e. The van der Waals surface area contributed by atoms with Gasteiger partial charge < -0.3 is 5.32 Å². The van der Waals surface area contributed by atoms with Crippen LogP contribution in [0, 0.1) is 5.82 Å². The zero-order chi connectivity index (χ0) is 14.0. The van der Waals surface area contributed by atoms with Gasteiger partial charge in [-0.25, -0.2) is 4.39 Å². The molecule has 3 nitrogen and oxygen atoms in total. The molecule has 2 aromatic rings. The maximum atomic E-state index is 14.0. The lowest BCUT2D eigenvalue weighted by Crippen LogP contribution is -2.25. The normalized spacial score (nSPS) is 12.7. The summed E-state index contributed by atoms with van der Waals surface area (Å²) in [5.74, 6) is -0.326. The van der Waals surface area contributed by atoms with E-state index in [2.05, 4.69) is 10.4 Å². The Bertz CT molecular complexity index is 564. The lowest BCUT2D eigenvalue weighted by molar-refractivity contribution is 0.532. The van der Waals surface area contributed by atoms with Crippen molar-refractivity contribution in [3.05, 3.63) is 51.5 Å². The van der Waals surface area contributed by atoms with Crippen LogP contribution in [0.15, 0.2) is 24.4 Å². The SMILES string of the molecule is CCNC(c1cc(Cl)ccc1F)c1c(Cl)cnn1C. The van der Waals surface area contributed by atoms with Gasteiger partial charge in [0.1, 0.15) is 5.82 Å². The average Bonchev–Trinajstić information content (AvgIpc) is 2.70. The van der Waals surface area contributed by atoms with Gasteiger partial charge in [-0.15, -0.1) is 0 Å². The minimum absolute atomic E-state index is 0.326. The van der Waals surface area contributed by atoms with Gasteiger partial charge in [0.2, 0.25) is 0 Å². The van der Waals surface area contributed by atoms with E-state index in [-0.39, 0.29) is 11.9 Å². The number of nitrogens with zero attached hydrogens (tertiary/aromatic N) is 2. The molecule has 0 bridgehead atoms. The van der Waals surface area contributed by atoms with Crippen molar-refractivity contribution in [3.63, 3.8) is 0 Å². The first-order chi connectivity index (χ1) is 9.04. The van der Waals surface area contributed by atoms with Gasteiger partial charge in [-0.05, 0) is 24.7 Å². The van der Waals surface area contributed by atoms with Crippen LogP contribution in [0.4, 0.5) is 4.39 Å². The van der Waals surface area contributed by atoms with Crippen molar-refractivity contribution in [2.45, 2.75) is 13.0 Å². The molecule has 0 amide bonds. The van der Waals surface area contributed by atoms with Crippen LogP contribution in [0.3, 0.4) is 0 Å². The van der Waals surface area contributed by atoms with Gasteiger partial charge >= 0.3 is 0 Å². The predicted octanol–water partition coefficient (Wildman–Crippen LogP) is 3.56. The van der Waals surface area contributed by atoms with Gasteiger partial charge in [0, 0.05) is 17.6 Å². The maximum Gasteiger partial charge on any atom is 0.128 e. The molecule has 2 rings (SSSR count). The largest absolute Gasteiger partial charge is 0.305 e. The number of hydrogen-bond acceptors (Lipinski definition) is 2. The third-order valence-corrected chi connectivity index (χ3v) is 3.41. The second kappa shape index (κ2) is 5.90. The molecular weight excluding hydrogens is 288 g/mol. The van der Waals surface area contributed by atoms with Gasteiger partial charge in [0.15, 0.2) is 0 Å². The minimum atomic E-state index is -0.385. The van der Waals surface area contributed by atoms with E-state index in [1.54, 1.807) is 24.0 Å². The molecule has 0 saturated heterocycles. The zero-order valence-electron chi connectivity index (χ0n) is 10.6. The van der Waals surface area contributed by atoms with Gasteiger partial charge in [0.25, 0.3) is 0 Å². The monoisotopic (exact) mass is 301 g/mol. The molecule has 1 atom stereocenters. The molecule has 1 unspecified atom stereocenters. The Labute approximate surface area is 121 Å². The number of rotatable bonds is 4. The van der Waals surface area contributed by atoms with Crippen LogP contribution < -0.4 is 5.32 Å². The van der Waals surface area contributed by atoms with Crippen LogP contribution >= 0.6 is 23.2 Å². The summed E-state index contributed by atoms with van der Waals surface area (Å²) in [7, 11) is 1.77. The Morgan fingerprint density at radius 3 is 2.74 bits per heavy atom. The molecule has 1 aromatic carbocycles. The molecule has 0 aliphatic heterocycles. The average molecular weight is 302 g/mol. The summed E-state index contributed by atoms with van der Waals surface area (Å²) in [6.45, 7) is 2.61. The Kier molecular flexibility index (Phi) is 4.45. The molecule has 1 N–H and O–H groups in total. The van der Waals surface area contributed by atoms with E-state index in [4.69, 9.17) is 23.2 Å². The summed E-state index contributed by atoms with van der Waals surface area (Å²) in [5, 5.41) is 8.27. The van der Waals surface area contributed by atoms with Gasteiger partial charge in [-0.3, -0.25) is 4.68 Å². The fourth-order valence-corrected chi connectivity index (χ4v) is 2.49. The van der Waals surface area contributed by atoms with Crippen molar-refractivity contribution >= 4 is 23.2 Å². The molecule has 0 saturated carbocycles. The van der Waals surface area contributed by atoms with Crippen molar-refractivity contribution in [2.24, 2.45) is 7.05 Å². The van der Waals surface area contributed by atoms with E-state index in [1.807, 2.05) is 6.92 Å². The highest BCUT2D eigenvalue weighted by Crippen LogP contribution is 2.30. The lowest BCUT2D eigenvalue weighted by Gasteiger charge is -2.20. The van der Waals surface area contributed by atoms with Crippen molar-refractivity contribution < 1.29 is 4.39 Å². The predicted molar refractivity (Wildman–Crippen MR) is 75.1 cm³/mol. The number of nitrogens with one attached hydrogen (secondary N) is 1. The number of aromatic nitrogens is 2. The number of aryl methyl sites for hydroxylation is 1. The van der Waals surface area contributed by atoms with E-state index < -0.39 is 0 Å². The highest BCUT2D eigenvalue weighted by atomic mass is 35.5. The van der Waals surface area contributed by atoms with Crippen LogP contribution in [0.1, 0.15) is 24.2 Å². The number of halogens is 3. The van der Waals surface area contributed by atoms with Crippen molar-refractivity contribution in [1.29, 1.82) is 0 Å². The van der Waals surface area contributed by atoms with E-state index in [0.717, 1.165) is 0 Å². The summed E-state index contributed by atoms with van der Waals surface area (Å²) in [6.07, 6.45) is 1.55. The highest BCUT2D eigenvalue weighted by Gasteiger charge is 2.23. The Morgan fingerprint density at radius 2 is 2.16 bits per heavy atom. The Hall–Kier alpha value is -1.10. The fraction of sp³-hybridized carbons (Fsp3) is 0.308. The molecule has 0 fully saturated rings. The summed E-state index contributed by atoms with van der Waals surface area (Å²) in [4.78, 5) is 0. The van der Waals surface area contributed by atoms with Gasteiger partial charge in [-0.2, -0.15) is 5.10 Å². The number of hydrogen-bond donors (Lipinski definition) is 1. The molecule has 6 heteroatoms. The molecule has 0 aliphatic rings. The molecule has 0 aliphatic carbocycles. The van der Waals surface area contributed by atoms with E-state index in [1.165, 1.54) is 12.1 Å². The first-order valence-electron chi connectivity index (χ1n) is 5.90. The van der Waals surface area contributed by atoms with Gasteiger partial charge in [0.05, 0.1) is 23.0 Å². The summed E-state index contributed by atoms with van der Waals surface area (Å²) >= 11 is 12.1. The summed E-state index contributed by atoms with van der Waals surface area (Å²) in [6, 6.07) is 4.09. The topological polar surface area (TPSA) is 29.9 Å². The molecule has 102 valence electrons. The standard InChI is InChI=1S/C13H14Cl2FN3/c1-3-17-12(13-10(15)7-18-19(13)2)9-6-8(14)4-5-11(9)16/h4-7,12,17H,3H2,1-2H3. The summed E-state index contributed by atoms with van der Waals surface area (Å²) in [5.41, 5.74) is 1.17. The maximum absolute atomic E-state index is 14.0. The minimum Gasteiger partial charge on any atom is -0.305 e. The second-order valence-electron chi connectivity index (χ2n) is 4.16. The zero-order valence-corrected chi connectivity index (χ0v) is 12.1. The molecule has 1 heterocycles. The van der Waals surface area contributed by atoms with Crippen LogP contribution in [0.5, 0.6) is 0 Å². The fourth-order valence-electron chi connectivity index (χ4n) is 2.04. The summed E-state index contributed by atoms with van der Waals surface area (Å²) < 4.78 is 15.7. The Balaban J connectivity index is 2.54. The van der Waals surface area contributed by atoms with Gasteiger partial charge in [-0.1, -0.05) is 30.1 Å². The first kappa shape index (κ1) is 14.3. The highest BCUT2D eigenvalue weighted by molar-refractivity contribution is 6.31. The van der Waals surface area contributed by atoms with E-state index in [9.17, 15) is 4.39 Å². The number of benzene rings is 1. The second-order valence-corrected chi connectivity index (χ2v) is 5.00. The van der Waals surface area contributed by atoms with E-state index >= 15 is 0 Å². The molecular formula is C13H14Cl2FN3. The Morgan fingerprint density at radius 1 is 1.42 bits per heavy atom. The lowest BCUT2D eigenvalue weighted by atomic mass is 10.0. The van der Waals surface area contributed by atoms with Crippen molar-refractivity contribution in [2.75, 3.05) is 6.54 Å². The van der Waals surface area contributed by atoms with E-state index in [0.29, 0.717) is 27.8 Å². The third-order valence-electron chi connectivity index (χ3n) is 2.89. The van der Waals surface area contributed by atoms with Crippen LogP contribution in [0.2, 0.25) is 10.0 Å². The molecule has 0 spiro atoms. The first-order valence-corrected chi connectivity index (χ1v) is 6.66. The van der Waals surface area contributed by atoms with Crippen LogP contribution in [-0.2, 0) is 7.05 Å². The third kappa shape index (κ3) is 2.91. The van der Waals surface area contributed by atoms with Crippen LogP contribution in [0.25, 0.3) is 0 Å². The molecule has 1 aromatic heterocycles. The quantitative estimate of drug-likeness (QED) is 0.936. The van der Waals surface area contributed by atoms with Crippen molar-refractivity contribution in [1.82, 2.24) is 15.1 Å². The molecule has 0 radical (unpaired) electrons.